The molecule has 0 radical (unpaired) electrons. The van der Waals surface area contributed by atoms with Gasteiger partial charge in [0.05, 0.1) is 0 Å². The highest BCUT2D eigenvalue weighted by Crippen LogP contribution is 2.26. The Morgan fingerprint density at radius 2 is 2.12 bits per heavy atom. The minimum absolute atomic E-state index is 0.184. The van der Waals surface area contributed by atoms with Gasteiger partial charge in [-0.3, -0.25) is 4.79 Å². The quantitative estimate of drug-likeness (QED) is 0.846. The van der Waals surface area contributed by atoms with Crippen LogP contribution in [-0.2, 0) is 6.54 Å². The monoisotopic (exact) mass is 220 g/mol. The summed E-state index contributed by atoms with van der Waals surface area (Å²) < 4.78 is 1.94. The van der Waals surface area contributed by atoms with Crippen molar-refractivity contribution in [1.29, 1.82) is 0 Å². The van der Waals surface area contributed by atoms with Crippen molar-refractivity contribution < 1.29 is 0 Å². The second kappa shape index (κ2) is 5.30. The van der Waals surface area contributed by atoms with Gasteiger partial charge in [0.1, 0.15) is 0 Å². The molecule has 0 spiro atoms. The van der Waals surface area contributed by atoms with Crippen LogP contribution in [-0.4, -0.2) is 11.6 Å². The number of nitrogens with one attached hydrogen (secondary N) is 1. The first-order valence-corrected chi connectivity index (χ1v) is 6.17. The van der Waals surface area contributed by atoms with E-state index in [1.807, 2.05) is 29.9 Å². The van der Waals surface area contributed by atoms with Crippen molar-refractivity contribution in [3.8, 4) is 0 Å². The second-order valence-corrected chi connectivity index (χ2v) is 4.57. The van der Waals surface area contributed by atoms with Crippen LogP contribution in [0.3, 0.4) is 0 Å². The molecule has 0 atom stereocenters. The van der Waals surface area contributed by atoms with Crippen molar-refractivity contribution >= 4 is 0 Å². The standard InChI is InChI=1S/C13H20N2O/c1-14-10-11-6-5-9-15(13(11)16)12-7-3-2-4-8-12/h5-6,9,12,14H,2-4,7-8,10H2,1H3. The average Bonchev–Trinajstić information content (AvgIpc) is 2.33. The summed E-state index contributed by atoms with van der Waals surface area (Å²) in [5, 5.41) is 3.04. The van der Waals surface area contributed by atoms with E-state index < -0.39 is 0 Å². The molecule has 3 nitrogen and oxygen atoms in total. The largest absolute Gasteiger partial charge is 0.315 e. The van der Waals surface area contributed by atoms with Gasteiger partial charge in [0.15, 0.2) is 0 Å². The van der Waals surface area contributed by atoms with Gasteiger partial charge in [0.2, 0.25) is 0 Å². The van der Waals surface area contributed by atoms with E-state index in [1.54, 1.807) is 0 Å². The van der Waals surface area contributed by atoms with Gasteiger partial charge in [-0.2, -0.15) is 0 Å². The molecule has 0 aliphatic heterocycles. The maximum atomic E-state index is 12.2. The fourth-order valence-electron chi connectivity index (χ4n) is 2.53. The predicted molar refractivity (Wildman–Crippen MR) is 65.6 cm³/mol. The first kappa shape index (κ1) is 11.4. The van der Waals surface area contributed by atoms with Crippen molar-refractivity contribution in [2.75, 3.05) is 7.05 Å². The summed E-state index contributed by atoms with van der Waals surface area (Å²) in [5.74, 6) is 0. The van der Waals surface area contributed by atoms with E-state index >= 15 is 0 Å². The van der Waals surface area contributed by atoms with Gasteiger partial charge < -0.3 is 9.88 Å². The molecular weight excluding hydrogens is 200 g/mol. The Morgan fingerprint density at radius 3 is 2.81 bits per heavy atom. The van der Waals surface area contributed by atoms with Crippen LogP contribution in [0.15, 0.2) is 23.1 Å². The minimum atomic E-state index is 0.184. The van der Waals surface area contributed by atoms with Crippen LogP contribution >= 0.6 is 0 Å². The highest BCUT2D eigenvalue weighted by atomic mass is 16.1. The van der Waals surface area contributed by atoms with Gasteiger partial charge in [-0.15, -0.1) is 0 Å². The van der Waals surface area contributed by atoms with E-state index in [0.29, 0.717) is 12.6 Å². The van der Waals surface area contributed by atoms with E-state index in [1.165, 1.54) is 19.3 Å². The lowest BCUT2D eigenvalue weighted by atomic mass is 9.95. The zero-order valence-electron chi connectivity index (χ0n) is 9.91. The van der Waals surface area contributed by atoms with E-state index in [4.69, 9.17) is 0 Å². The SMILES string of the molecule is CNCc1cccn(C2CCCCC2)c1=O. The molecule has 0 saturated heterocycles. The van der Waals surface area contributed by atoms with Crippen molar-refractivity contribution in [1.82, 2.24) is 9.88 Å². The first-order chi connectivity index (χ1) is 7.83. The maximum Gasteiger partial charge on any atom is 0.255 e. The summed E-state index contributed by atoms with van der Waals surface area (Å²) >= 11 is 0. The van der Waals surface area contributed by atoms with Crippen LogP contribution < -0.4 is 10.9 Å². The summed E-state index contributed by atoms with van der Waals surface area (Å²) in [6.45, 7) is 0.659. The fourth-order valence-corrected chi connectivity index (χ4v) is 2.53. The fraction of sp³-hybridized carbons (Fsp3) is 0.615. The molecule has 0 bridgehead atoms. The predicted octanol–water partition coefficient (Wildman–Crippen LogP) is 2.07. The first-order valence-electron chi connectivity index (χ1n) is 6.17. The van der Waals surface area contributed by atoms with E-state index in [0.717, 1.165) is 18.4 Å². The Balaban J connectivity index is 2.26. The Labute approximate surface area is 96.5 Å². The summed E-state index contributed by atoms with van der Waals surface area (Å²) in [7, 11) is 1.87. The topological polar surface area (TPSA) is 34.0 Å². The zero-order valence-corrected chi connectivity index (χ0v) is 9.91. The lowest BCUT2D eigenvalue weighted by Crippen LogP contribution is -2.29. The number of aromatic nitrogens is 1. The molecular formula is C13H20N2O. The van der Waals surface area contributed by atoms with Crippen molar-refractivity contribution in [2.24, 2.45) is 0 Å². The molecule has 0 amide bonds. The van der Waals surface area contributed by atoms with Gasteiger partial charge in [-0.1, -0.05) is 25.3 Å². The molecule has 1 aromatic heterocycles. The molecule has 1 heterocycles. The molecule has 16 heavy (non-hydrogen) atoms. The normalized spacial score (nSPS) is 17.6. The van der Waals surface area contributed by atoms with Crippen molar-refractivity contribution in [3.05, 3.63) is 34.2 Å². The number of nitrogens with zero attached hydrogens (tertiary/aromatic N) is 1. The summed E-state index contributed by atoms with van der Waals surface area (Å²) in [5.41, 5.74) is 1.05. The molecule has 1 fully saturated rings. The molecule has 2 rings (SSSR count). The average molecular weight is 220 g/mol. The second-order valence-electron chi connectivity index (χ2n) is 4.57. The van der Waals surface area contributed by atoms with Crippen molar-refractivity contribution in [2.45, 2.75) is 44.7 Å². The molecule has 1 aliphatic rings. The maximum absolute atomic E-state index is 12.2. The third-order valence-electron chi connectivity index (χ3n) is 3.39. The molecule has 0 unspecified atom stereocenters. The lowest BCUT2D eigenvalue weighted by molar-refractivity contribution is 0.345. The Morgan fingerprint density at radius 1 is 1.38 bits per heavy atom. The molecule has 1 saturated carbocycles. The van der Waals surface area contributed by atoms with Gasteiger partial charge in [0.25, 0.3) is 5.56 Å². The van der Waals surface area contributed by atoms with Crippen LogP contribution in [0.2, 0.25) is 0 Å². The number of rotatable bonds is 3. The molecule has 88 valence electrons. The Hall–Kier alpha value is -1.09. The van der Waals surface area contributed by atoms with E-state index in [-0.39, 0.29) is 5.56 Å². The van der Waals surface area contributed by atoms with Gasteiger partial charge >= 0.3 is 0 Å². The number of hydrogen-bond donors (Lipinski definition) is 1. The smallest absolute Gasteiger partial charge is 0.255 e. The Kier molecular flexibility index (Phi) is 3.78. The van der Waals surface area contributed by atoms with Crippen LogP contribution in [0, 0.1) is 0 Å². The van der Waals surface area contributed by atoms with Crippen molar-refractivity contribution in [3.63, 3.8) is 0 Å². The van der Waals surface area contributed by atoms with Gasteiger partial charge in [-0.05, 0) is 26.0 Å². The highest BCUT2D eigenvalue weighted by molar-refractivity contribution is 5.10. The molecule has 1 N–H and O–H groups in total. The van der Waals surface area contributed by atoms with Crippen LogP contribution in [0.1, 0.15) is 43.7 Å². The van der Waals surface area contributed by atoms with E-state index in [2.05, 4.69) is 5.32 Å². The molecule has 1 aliphatic carbocycles. The summed E-state index contributed by atoms with van der Waals surface area (Å²) in [6, 6.07) is 4.33. The van der Waals surface area contributed by atoms with Crippen LogP contribution in [0.4, 0.5) is 0 Å². The number of pyridine rings is 1. The van der Waals surface area contributed by atoms with Crippen LogP contribution in [0.5, 0.6) is 0 Å². The molecule has 1 aromatic rings. The zero-order chi connectivity index (χ0) is 11.4. The minimum Gasteiger partial charge on any atom is -0.315 e. The summed E-state index contributed by atoms with van der Waals surface area (Å²) in [6.07, 6.45) is 8.09. The van der Waals surface area contributed by atoms with E-state index in [9.17, 15) is 4.79 Å². The lowest BCUT2D eigenvalue weighted by Gasteiger charge is -2.24. The number of hydrogen-bond acceptors (Lipinski definition) is 2. The van der Waals surface area contributed by atoms with Crippen LogP contribution in [0.25, 0.3) is 0 Å². The van der Waals surface area contributed by atoms with Gasteiger partial charge in [-0.25, -0.2) is 0 Å². The third-order valence-corrected chi connectivity index (χ3v) is 3.39. The molecule has 3 heteroatoms. The third kappa shape index (κ3) is 2.35. The Bertz CT molecular complexity index is 391. The van der Waals surface area contributed by atoms with Gasteiger partial charge in [0, 0.05) is 24.3 Å². The highest BCUT2D eigenvalue weighted by Gasteiger charge is 2.16. The summed E-state index contributed by atoms with van der Waals surface area (Å²) in [4.78, 5) is 12.2. The molecule has 0 aromatic carbocycles.